The van der Waals surface area contributed by atoms with Crippen LogP contribution in [-0.4, -0.2) is 22.6 Å². The van der Waals surface area contributed by atoms with Gasteiger partial charge in [0.2, 0.25) is 5.13 Å². The maximum Gasteiger partial charge on any atom is 0.257 e. The van der Waals surface area contributed by atoms with Crippen molar-refractivity contribution >= 4 is 34.8 Å². The van der Waals surface area contributed by atoms with E-state index < -0.39 is 0 Å². The van der Waals surface area contributed by atoms with Crippen LogP contribution in [-0.2, 0) is 19.6 Å². The molecule has 2 N–H and O–H groups in total. The molecule has 6 nitrogen and oxygen atoms in total. The number of rotatable bonds is 5. The van der Waals surface area contributed by atoms with Gasteiger partial charge in [-0.1, -0.05) is 35.6 Å². The Morgan fingerprint density at radius 1 is 1.21 bits per heavy atom. The Bertz CT molecular complexity index is 976. The van der Waals surface area contributed by atoms with E-state index in [4.69, 9.17) is 4.74 Å². The number of aromatic nitrogens is 2. The van der Waals surface area contributed by atoms with Crippen LogP contribution in [0.1, 0.15) is 32.1 Å². The Labute approximate surface area is 173 Å². The lowest BCUT2D eigenvalue weighted by atomic mass is 9.98. The first kappa shape index (κ1) is 20.3. The standard InChI is InChI=1S/C20H20N4O2S.ClH/c1-13-4-2-3-5-17(13)26-12-18-23-24-20(27-18)22-19(25)15-6-7-16-11-21-9-8-14(16)10-15;/h2-7,10,21H,8-9,11-12H2,1H3,(H,22,24,25);1H. The molecule has 2 heterocycles. The molecule has 0 saturated carbocycles. The molecule has 0 bridgehead atoms. The minimum Gasteiger partial charge on any atom is -0.486 e. The lowest BCUT2D eigenvalue weighted by Gasteiger charge is -2.17. The molecule has 28 heavy (non-hydrogen) atoms. The highest BCUT2D eigenvalue weighted by molar-refractivity contribution is 7.15. The van der Waals surface area contributed by atoms with Gasteiger partial charge in [0.05, 0.1) is 0 Å². The number of amides is 1. The van der Waals surface area contributed by atoms with Crippen molar-refractivity contribution in [3.8, 4) is 5.75 Å². The van der Waals surface area contributed by atoms with Gasteiger partial charge in [-0.2, -0.15) is 0 Å². The predicted molar refractivity (Wildman–Crippen MR) is 112 cm³/mol. The number of fused-ring (bicyclic) bond motifs is 1. The third-order valence-corrected chi connectivity index (χ3v) is 5.30. The number of hydrogen-bond acceptors (Lipinski definition) is 6. The summed E-state index contributed by atoms with van der Waals surface area (Å²) < 4.78 is 5.78. The topological polar surface area (TPSA) is 76.1 Å². The number of carbonyl (C=O) groups is 1. The van der Waals surface area contributed by atoms with E-state index in [1.54, 1.807) is 0 Å². The van der Waals surface area contributed by atoms with Crippen LogP contribution in [0.25, 0.3) is 0 Å². The van der Waals surface area contributed by atoms with E-state index in [2.05, 4.69) is 20.8 Å². The maximum atomic E-state index is 12.5. The number of ether oxygens (including phenoxy) is 1. The summed E-state index contributed by atoms with van der Waals surface area (Å²) in [5.41, 5.74) is 4.19. The quantitative estimate of drug-likeness (QED) is 0.662. The average Bonchev–Trinajstić information content (AvgIpc) is 3.14. The number of para-hydroxylation sites is 1. The molecule has 0 atom stereocenters. The molecule has 1 amide bonds. The van der Waals surface area contributed by atoms with Crippen molar-refractivity contribution in [2.75, 3.05) is 11.9 Å². The van der Waals surface area contributed by atoms with Crippen LogP contribution in [0.5, 0.6) is 5.75 Å². The zero-order valence-electron chi connectivity index (χ0n) is 15.4. The minimum atomic E-state index is -0.168. The van der Waals surface area contributed by atoms with Gasteiger partial charge in [0.25, 0.3) is 5.91 Å². The van der Waals surface area contributed by atoms with Crippen molar-refractivity contribution in [2.24, 2.45) is 0 Å². The molecular weight excluding hydrogens is 396 g/mol. The molecule has 0 aliphatic carbocycles. The van der Waals surface area contributed by atoms with Crippen LogP contribution in [0.4, 0.5) is 5.13 Å². The van der Waals surface area contributed by atoms with E-state index in [9.17, 15) is 4.79 Å². The fourth-order valence-electron chi connectivity index (χ4n) is 3.01. The molecule has 4 rings (SSSR count). The van der Waals surface area contributed by atoms with Gasteiger partial charge in [0.15, 0.2) is 5.01 Å². The number of carbonyl (C=O) groups excluding carboxylic acids is 1. The lowest BCUT2D eigenvalue weighted by Crippen LogP contribution is -2.24. The second-order valence-corrected chi connectivity index (χ2v) is 7.48. The number of anilines is 1. The third kappa shape index (κ3) is 4.67. The number of benzene rings is 2. The smallest absolute Gasteiger partial charge is 0.257 e. The summed E-state index contributed by atoms with van der Waals surface area (Å²) in [6, 6.07) is 13.7. The van der Waals surface area contributed by atoms with Crippen molar-refractivity contribution in [3.63, 3.8) is 0 Å². The molecule has 0 radical (unpaired) electrons. The van der Waals surface area contributed by atoms with Crippen molar-refractivity contribution in [3.05, 3.63) is 69.7 Å². The highest BCUT2D eigenvalue weighted by Crippen LogP contribution is 2.22. The van der Waals surface area contributed by atoms with Gasteiger partial charge in [0, 0.05) is 12.1 Å². The maximum absolute atomic E-state index is 12.5. The Kier molecular flexibility index (Phi) is 6.61. The van der Waals surface area contributed by atoms with Crippen molar-refractivity contribution in [2.45, 2.75) is 26.5 Å². The number of nitrogens with zero attached hydrogens (tertiary/aromatic N) is 2. The van der Waals surface area contributed by atoms with Crippen LogP contribution in [0.2, 0.25) is 0 Å². The number of hydrogen-bond donors (Lipinski definition) is 2. The molecule has 0 spiro atoms. The van der Waals surface area contributed by atoms with Gasteiger partial charge >= 0.3 is 0 Å². The molecule has 2 aromatic carbocycles. The summed E-state index contributed by atoms with van der Waals surface area (Å²) >= 11 is 1.32. The van der Waals surface area contributed by atoms with E-state index in [1.165, 1.54) is 22.5 Å². The Morgan fingerprint density at radius 2 is 2.07 bits per heavy atom. The second kappa shape index (κ2) is 9.14. The van der Waals surface area contributed by atoms with Crippen LogP contribution >= 0.6 is 23.7 Å². The lowest BCUT2D eigenvalue weighted by molar-refractivity contribution is 0.102. The molecule has 0 fully saturated rings. The molecule has 146 valence electrons. The Morgan fingerprint density at radius 3 is 2.93 bits per heavy atom. The summed E-state index contributed by atoms with van der Waals surface area (Å²) in [6.07, 6.45) is 0.940. The fourth-order valence-corrected chi connectivity index (χ4v) is 3.66. The van der Waals surface area contributed by atoms with Gasteiger partial charge in [-0.3, -0.25) is 10.1 Å². The molecular formula is C20H21ClN4O2S. The average molecular weight is 417 g/mol. The van der Waals surface area contributed by atoms with E-state index in [-0.39, 0.29) is 18.3 Å². The molecule has 0 unspecified atom stereocenters. The first-order valence-electron chi connectivity index (χ1n) is 8.84. The van der Waals surface area contributed by atoms with Gasteiger partial charge in [0.1, 0.15) is 12.4 Å². The van der Waals surface area contributed by atoms with Crippen LogP contribution in [0.3, 0.4) is 0 Å². The van der Waals surface area contributed by atoms with Crippen molar-refractivity contribution < 1.29 is 9.53 Å². The van der Waals surface area contributed by atoms with Crippen molar-refractivity contribution in [1.82, 2.24) is 15.5 Å². The van der Waals surface area contributed by atoms with E-state index >= 15 is 0 Å². The summed E-state index contributed by atoms with van der Waals surface area (Å²) in [7, 11) is 0. The van der Waals surface area contributed by atoms with Crippen LogP contribution in [0, 0.1) is 6.92 Å². The molecule has 1 aliphatic heterocycles. The van der Waals surface area contributed by atoms with Gasteiger partial charge in [-0.25, -0.2) is 0 Å². The number of halogens is 1. The summed E-state index contributed by atoms with van der Waals surface area (Å²) in [5, 5.41) is 15.5. The third-order valence-electron chi connectivity index (χ3n) is 4.49. The van der Waals surface area contributed by atoms with Gasteiger partial charge < -0.3 is 10.1 Å². The molecule has 0 saturated heterocycles. The molecule has 8 heteroatoms. The van der Waals surface area contributed by atoms with E-state index in [0.29, 0.717) is 22.3 Å². The molecule has 3 aromatic rings. The number of aryl methyl sites for hydroxylation is 1. The minimum absolute atomic E-state index is 0. The first-order valence-corrected chi connectivity index (χ1v) is 9.65. The van der Waals surface area contributed by atoms with Gasteiger partial charge in [-0.15, -0.1) is 22.6 Å². The van der Waals surface area contributed by atoms with Crippen LogP contribution in [0.15, 0.2) is 42.5 Å². The van der Waals surface area contributed by atoms with Gasteiger partial charge in [-0.05, 0) is 54.8 Å². The van der Waals surface area contributed by atoms with Crippen LogP contribution < -0.4 is 15.4 Å². The zero-order valence-corrected chi connectivity index (χ0v) is 17.0. The SMILES string of the molecule is Cc1ccccc1OCc1nnc(NC(=O)c2ccc3c(c2)CCNC3)s1.Cl. The fraction of sp³-hybridized carbons (Fsp3) is 0.250. The predicted octanol–water partition coefficient (Wildman–Crippen LogP) is 3.75. The van der Waals surface area contributed by atoms with E-state index in [0.717, 1.165) is 30.8 Å². The zero-order chi connectivity index (χ0) is 18.6. The largest absolute Gasteiger partial charge is 0.486 e. The normalized spacial score (nSPS) is 12.6. The van der Waals surface area contributed by atoms with E-state index in [1.807, 2.05) is 49.4 Å². The summed E-state index contributed by atoms with van der Waals surface area (Å²) in [6.45, 7) is 4.12. The highest BCUT2D eigenvalue weighted by Gasteiger charge is 2.14. The summed E-state index contributed by atoms with van der Waals surface area (Å²) in [4.78, 5) is 12.5. The molecule has 1 aromatic heterocycles. The Balaban J connectivity index is 0.00000225. The number of nitrogens with one attached hydrogen (secondary N) is 2. The second-order valence-electron chi connectivity index (χ2n) is 6.42. The monoisotopic (exact) mass is 416 g/mol. The van der Waals surface area contributed by atoms with Crippen molar-refractivity contribution in [1.29, 1.82) is 0 Å². The Hall–Kier alpha value is -2.48. The first-order chi connectivity index (χ1) is 13.2. The summed E-state index contributed by atoms with van der Waals surface area (Å²) in [5.74, 6) is 0.653. The highest BCUT2D eigenvalue weighted by atomic mass is 35.5. The molecule has 1 aliphatic rings.